The molecule has 210 valence electrons. The molecule has 2 N–H and O–H groups in total. The second-order valence-corrected chi connectivity index (χ2v) is 10.7. The van der Waals surface area contributed by atoms with Crippen molar-refractivity contribution in [1.82, 2.24) is 14.9 Å². The fourth-order valence-electron chi connectivity index (χ4n) is 5.38. The topological polar surface area (TPSA) is 103 Å². The largest absolute Gasteiger partial charge is 0.392 e. The van der Waals surface area contributed by atoms with Gasteiger partial charge >= 0.3 is 6.03 Å². The summed E-state index contributed by atoms with van der Waals surface area (Å²) in [5.74, 6) is -0.571. The number of halogens is 2. The van der Waals surface area contributed by atoms with Crippen molar-refractivity contribution in [1.29, 1.82) is 0 Å². The van der Waals surface area contributed by atoms with E-state index in [0.717, 1.165) is 62.1 Å². The van der Waals surface area contributed by atoms with Crippen molar-refractivity contribution < 1.29 is 23.5 Å². The molecular weight excluding hydrogens is 506 g/mol. The van der Waals surface area contributed by atoms with Gasteiger partial charge in [-0.1, -0.05) is 18.5 Å². The first-order valence-electron chi connectivity index (χ1n) is 13.9. The molecule has 0 bridgehead atoms. The van der Waals surface area contributed by atoms with Gasteiger partial charge in [0, 0.05) is 44.4 Å². The molecule has 0 radical (unpaired) electrons. The molecule has 0 unspecified atom stereocenters. The van der Waals surface area contributed by atoms with Gasteiger partial charge in [-0.2, -0.15) is 0 Å². The van der Waals surface area contributed by atoms with E-state index in [2.05, 4.69) is 32.3 Å². The van der Waals surface area contributed by atoms with Crippen molar-refractivity contribution in [3.63, 3.8) is 0 Å². The van der Waals surface area contributed by atoms with Crippen LogP contribution in [0.15, 0.2) is 29.7 Å². The van der Waals surface area contributed by atoms with E-state index >= 15 is 0 Å². The minimum absolute atomic E-state index is 0.0414. The number of hydrogen-bond donors (Lipinski definition) is 2. The first-order chi connectivity index (χ1) is 18.9. The Hall–Kier alpha value is -3.34. The number of nitrogens with zero attached hydrogens (tertiary/aromatic N) is 5. The lowest BCUT2D eigenvalue weighted by Crippen LogP contribution is -2.54. The summed E-state index contributed by atoms with van der Waals surface area (Å²) in [6.45, 7) is 4.13. The molecule has 9 nitrogen and oxygen atoms in total. The summed E-state index contributed by atoms with van der Waals surface area (Å²) < 4.78 is 29.6. The van der Waals surface area contributed by atoms with Crippen LogP contribution in [0.2, 0.25) is 0 Å². The lowest BCUT2D eigenvalue weighted by molar-refractivity contribution is 0.0308. The minimum Gasteiger partial charge on any atom is -0.392 e. The number of hydrogen-bond acceptors (Lipinski definition) is 7. The van der Waals surface area contributed by atoms with Crippen LogP contribution in [0.4, 0.5) is 25.2 Å². The fourth-order valence-corrected chi connectivity index (χ4v) is 5.38. The van der Waals surface area contributed by atoms with Gasteiger partial charge in [-0.05, 0) is 55.2 Å². The smallest absolute Gasteiger partial charge is 0.322 e. The van der Waals surface area contributed by atoms with Crippen molar-refractivity contribution in [2.24, 2.45) is 5.16 Å². The van der Waals surface area contributed by atoms with Crippen LogP contribution in [0.5, 0.6) is 0 Å². The number of piperidine rings is 1. The number of urea groups is 1. The van der Waals surface area contributed by atoms with Crippen LogP contribution in [-0.2, 0) is 11.3 Å². The first-order valence-corrected chi connectivity index (χ1v) is 13.9. The molecular formula is C28H36F2N6O3. The lowest BCUT2D eigenvalue weighted by atomic mass is 9.83. The Balaban J connectivity index is 1.08. The van der Waals surface area contributed by atoms with Crippen LogP contribution >= 0.6 is 0 Å². The molecule has 1 aromatic heterocycles. The van der Waals surface area contributed by atoms with Gasteiger partial charge in [-0.25, -0.2) is 23.5 Å². The molecule has 2 saturated heterocycles. The number of aryl methyl sites for hydroxylation is 1. The monoisotopic (exact) mass is 542 g/mol. The molecule has 5 rings (SSSR count). The van der Waals surface area contributed by atoms with E-state index in [-0.39, 0.29) is 30.8 Å². The van der Waals surface area contributed by atoms with Crippen molar-refractivity contribution in [2.75, 3.05) is 36.4 Å². The molecule has 0 atom stereocenters. The van der Waals surface area contributed by atoms with Crippen LogP contribution in [0.25, 0.3) is 0 Å². The number of likely N-dealkylation sites (tertiary alicyclic amines) is 1. The van der Waals surface area contributed by atoms with E-state index in [1.165, 1.54) is 11.0 Å². The number of nitrogens with one attached hydrogen (secondary N) is 1. The molecule has 1 aliphatic carbocycles. The van der Waals surface area contributed by atoms with Crippen molar-refractivity contribution in [2.45, 2.75) is 76.4 Å². The highest BCUT2D eigenvalue weighted by atomic mass is 19.1. The highest BCUT2D eigenvalue weighted by Crippen LogP contribution is 2.35. The number of aromatic nitrogens is 2. The summed E-state index contributed by atoms with van der Waals surface area (Å²) in [6, 6.07) is 1.68. The highest BCUT2D eigenvalue weighted by Gasteiger charge is 2.30. The van der Waals surface area contributed by atoms with Crippen molar-refractivity contribution in [3.8, 4) is 0 Å². The number of β-amino-alcohol motifs (C(OH)–C–C–N with tert-alkyl or cyclic N) is 1. The Morgan fingerprint density at radius 2 is 1.79 bits per heavy atom. The number of rotatable bonds is 7. The molecule has 11 heteroatoms. The summed E-state index contributed by atoms with van der Waals surface area (Å²) in [6.07, 6.45) is 9.67. The lowest BCUT2D eigenvalue weighted by Gasteiger charge is -2.35. The van der Waals surface area contributed by atoms with Crippen LogP contribution in [-0.4, -0.2) is 70.1 Å². The number of amides is 2. The summed E-state index contributed by atoms with van der Waals surface area (Å²) >= 11 is 0. The van der Waals surface area contributed by atoms with Crippen molar-refractivity contribution >= 4 is 23.4 Å². The Morgan fingerprint density at radius 1 is 1.10 bits per heavy atom. The second-order valence-electron chi connectivity index (χ2n) is 10.7. The van der Waals surface area contributed by atoms with Gasteiger partial charge in [0.1, 0.15) is 17.7 Å². The predicted octanol–water partition coefficient (Wildman–Crippen LogP) is 4.61. The summed E-state index contributed by atoms with van der Waals surface area (Å²) in [7, 11) is 0. The van der Waals surface area contributed by atoms with E-state index in [9.17, 15) is 18.7 Å². The molecule has 1 aromatic carbocycles. The summed E-state index contributed by atoms with van der Waals surface area (Å²) in [5, 5.41) is 16.1. The Labute approximate surface area is 227 Å². The van der Waals surface area contributed by atoms with Gasteiger partial charge in [0.15, 0.2) is 0 Å². The standard InChI is InChI=1S/C28H36F2N6O3/c1-2-3-18-14-31-27(32-15-18)35-10-8-22(9-11-35)39-34-20-6-4-19(5-7-20)23-12-25(30)26(13-24(23)29)33-28(38)36-16-21(37)17-36/h12-15,19,21-22,37H,2-11,16-17H2,1H3,(H,33,38). The Bertz CT molecular complexity index is 1170. The SMILES string of the molecule is CCCc1cnc(N2CCC(ON=C3CCC(c4cc(F)c(NC(=O)N5CC(O)C5)cc4F)CC3)CC2)nc1. The van der Waals surface area contributed by atoms with E-state index in [4.69, 9.17) is 4.84 Å². The molecule has 3 heterocycles. The third-order valence-corrected chi connectivity index (χ3v) is 7.77. The van der Waals surface area contributed by atoms with E-state index in [0.29, 0.717) is 31.2 Å². The number of oxime groups is 1. The van der Waals surface area contributed by atoms with Crippen LogP contribution in [0.3, 0.4) is 0 Å². The molecule has 2 amide bonds. The fraction of sp³-hybridized carbons (Fsp3) is 0.571. The number of aliphatic hydroxyl groups excluding tert-OH is 1. The number of carbonyl (C=O) groups is 1. The van der Waals surface area contributed by atoms with Gasteiger partial charge in [-0.3, -0.25) is 0 Å². The zero-order chi connectivity index (χ0) is 27.4. The van der Waals surface area contributed by atoms with Crippen LogP contribution < -0.4 is 10.2 Å². The Morgan fingerprint density at radius 3 is 2.44 bits per heavy atom. The molecule has 2 aliphatic heterocycles. The maximum Gasteiger partial charge on any atom is 0.322 e. The van der Waals surface area contributed by atoms with Crippen LogP contribution in [0, 0.1) is 11.6 Å². The zero-order valence-electron chi connectivity index (χ0n) is 22.3. The molecule has 1 saturated carbocycles. The second kappa shape index (κ2) is 12.2. The minimum atomic E-state index is -0.669. The highest BCUT2D eigenvalue weighted by molar-refractivity contribution is 5.90. The number of anilines is 2. The van der Waals surface area contributed by atoms with Gasteiger partial charge in [0.05, 0.1) is 30.6 Å². The number of benzene rings is 1. The molecule has 0 spiro atoms. The predicted molar refractivity (Wildman–Crippen MR) is 144 cm³/mol. The van der Waals surface area contributed by atoms with Gasteiger partial charge < -0.3 is 25.1 Å². The third-order valence-electron chi connectivity index (χ3n) is 7.77. The summed E-state index contributed by atoms with van der Waals surface area (Å²) in [4.78, 5) is 30.5. The Kier molecular flexibility index (Phi) is 8.54. The number of carbonyl (C=O) groups excluding carboxylic acids is 1. The number of aliphatic hydroxyl groups is 1. The van der Waals surface area contributed by atoms with E-state index < -0.39 is 23.8 Å². The van der Waals surface area contributed by atoms with Gasteiger partial charge in [0.25, 0.3) is 0 Å². The normalized spacial score (nSPS) is 20.5. The van der Waals surface area contributed by atoms with Crippen LogP contribution in [0.1, 0.15) is 68.9 Å². The summed E-state index contributed by atoms with van der Waals surface area (Å²) in [5.41, 5.74) is 2.23. The maximum atomic E-state index is 14.9. The maximum absolute atomic E-state index is 14.9. The average Bonchev–Trinajstić information content (AvgIpc) is 2.93. The van der Waals surface area contributed by atoms with Gasteiger partial charge in [0.2, 0.25) is 5.95 Å². The molecule has 2 aromatic rings. The molecule has 39 heavy (non-hydrogen) atoms. The zero-order valence-corrected chi connectivity index (χ0v) is 22.3. The van der Waals surface area contributed by atoms with E-state index in [1.54, 1.807) is 0 Å². The quantitative estimate of drug-likeness (QED) is 0.495. The third kappa shape index (κ3) is 6.63. The molecule has 3 aliphatic rings. The van der Waals surface area contributed by atoms with E-state index in [1.807, 2.05) is 12.4 Å². The molecule has 3 fully saturated rings. The van der Waals surface area contributed by atoms with Gasteiger partial charge in [-0.15, -0.1) is 0 Å². The van der Waals surface area contributed by atoms with Crippen molar-refractivity contribution in [3.05, 3.63) is 47.3 Å². The average molecular weight is 543 g/mol. The first kappa shape index (κ1) is 27.2.